The van der Waals surface area contributed by atoms with E-state index in [2.05, 4.69) is 6.58 Å². The van der Waals surface area contributed by atoms with Crippen molar-refractivity contribution in [2.45, 2.75) is 81.1 Å². The number of fused-ring (bicyclic) bond motifs is 1. The van der Waals surface area contributed by atoms with Gasteiger partial charge < -0.3 is 29.2 Å². The molecule has 28 heavy (non-hydrogen) atoms. The maximum atomic E-state index is 10.8. The molecule has 1 aromatic rings. The second-order valence-corrected chi connectivity index (χ2v) is 7.97. The minimum Gasteiger partial charge on any atom is -0.387 e. The van der Waals surface area contributed by atoms with E-state index in [1.807, 2.05) is 30.3 Å². The molecule has 154 valence electrons. The smallest absolute Gasteiger partial charge is 0.169 e. The van der Waals surface area contributed by atoms with Gasteiger partial charge in [0, 0.05) is 12.8 Å². The van der Waals surface area contributed by atoms with Crippen LogP contribution in [0.5, 0.6) is 0 Å². The fourth-order valence-electron chi connectivity index (χ4n) is 4.60. The maximum absolute atomic E-state index is 10.8. The van der Waals surface area contributed by atoms with E-state index >= 15 is 0 Å². The highest BCUT2D eigenvalue weighted by Gasteiger charge is 2.61. The van der Waals surface area contributed by atoms with Gasteiger partial charge in [0.25, 0.3) is 0 Å². The standard InChI is InChI=1S/C22H30O6/c1-2-13-25-18-16(23)17(24)19(26-14-15-9-5-3-6-10-15)21-20(18)27-22(28-21)11-7-4-8-12-22/h2-3,5-6,9-10,16-21,23-24H,1,4,7-8,11-14H2/t16-,17+,18-,19+,20+,21+/m1/s1. The first-order chi connectivity index (χ1) is 13.6. The van der Waals surface area contributed by atoms with Crippen LogP contribution in [0.15, 0.2) is 43.0 Å². The van der Waals surface area contributed by atoms with E-state index in [1.165, 1.54) is 6.42 Å². The molecule has 1 saturated heterocycles. The molecule has 1 heterocycles. The van der Waals surface area contributed by atoms with Gasteiger partial charge in [0.1, 0.15) is 36.6 Å². The molecule has 3 aliphatic rings. The van der Waals surface area contributed by atoms with E-state index in [0.717, 1.165) is 31.2 Å². The van der Waals surface area contributed by atoms with Crippen molar-refractivity contribution in [3.8, 4) is 0 Å². The Morgan fingerprint density at radius 2 is 1.57 bits per heavy atom. The molecule has 1 spiro atoms. The number of rotatable bonds is 6. The number of ether oxygens (including phenoxy) is 4. The van der Waals surface area contributed by atoms with Gasteiger partial charge in [-0.25, -0.2) is 0 Å². The minimum absolute atomic E-state index is 0.267. The molecule has 0 aromatic heterocycles. The first-order valence-corrected chi connectivity index (χ1v) is 10.2. The van der Waals surface area contributed by atoms with Crippen molar-refractivity contribution < 1.29 is 29.2 Å². The van der Waals surface area contributed by atoms with Crippen LogP contribution in [0.4, 0.5) is 0 Å². The van der Waals surface area contributed by atoms with Crippen molar-refractivity contribution >= 4 is 0 Å². The summed E-state index contributed by atoms with van der Waals surface area (Å²) >= 11 is 0. The Kier molecular flexibility index (Phi) is 6.16. The molecule has 0 radical (unpaired) electrons. The zero-order valence-electron chi connectivity index (χ0n) is 16.1. The Labute approximate surface area is 166 Å². The summed E-state index contributed by atoms with van der Waals surface area (Å²) in [5.74, 6) is -0.665. The van der Waals surface area contributed by atoms with E-state index in [9.17, 15) is 10.2 Å². The van der Waals surface area contributed by atoms with Crippen LogP contribution in [0.1, 0.15) is 37.7 Å². The monoisotopic (exact) mass is 390 g/mol. The number of aliphatic hydroxyl groups excluding tert-OH is 2. The summed E-state index contributed by atoms with van der Waals surface area (Å²) in [7, 11) is 0. The van der Waals surface area contributed by atoms with Crippen molar-refractivity contribution in [3.63, 3.8) is 0 Å². The Balaban J connectivity index is 1.55. The lowest BCUT2D eigenvalue weighted by Crippen LogP contribution is -2.64. The normalized spacial score (nSPS) is 36.9. The van der Waals surface area contributed by atoms with Crippen LogP contribution in [-0.4, -0.2) is 59.2 Å². The molecule has 2 saturated carbocycles. The van der Waals surface area contributed by atoms with Crippen molar-refractivity contribution in [3.05, 3.63) is 48.6 Å². The van der Waals surface area contributed by atoms with E-state index < -0.39 is 42.4 Å². The van der Waals surface area contributed by atoms with Gasteiger partial charge in [0.05, 0.1) is 13.2 Å². The third-order valence-electron chi connectivity index (χ3n) is 6.00. The summed E-state index contributed by atoms with van der Waals surface area (Å²) in [6.07, 6.45) is 1.89. The number of hydrogen-bond acceptors (Lipinski definition) is 6. The topological polar surface area (TPSA) is 77.4 Å². The number of aliphatic hydroxyl groups is 2. The Hall–Kier alpha value is -1.28. The Morgan fingerprint density at radius 3 is 2.18 bits per heavy atom. The molecule has 0 bridgehead atoms. The lowest BCUT2D eigenvalue weighted by atomic mass is 9.84. The van der Waals surface area contributed by atoms with Crippen LogP contribution in [-0.2, 0) is 25.6 Å². The van der Waals surface area contributed by atoms with Gasteiger partial charge in [-0.2, -0.15) is 0 Å². The summed E-state index contributed by atoms with van der Waals surface area (Å²) in [5, 5.41) is 21.5. The first-order valence-electron chi connectivity index (χ1n) is 10.2. The summed E-state index contributed by atoms with van der Waals surface area (Å²) in [6.45, 7) is 4.26. The molecule has 6 atom stereocenters. The number of benzene rings is 1. The first kappa shape index (κ1) is 20.0. The molecular formula is C22H30O6. The summed E-state index contributed by atoms with van der Waals surface area (Å²) in [4.78, 5) is 0. The summed E-state index contributed by atoms with van der Waals surface area (Å²) < 4.78 is 24.6. The van der Waals surface area contributed by atoms with E-state index in [4.69, 9.17) is 18.9 Å². The van der Waals surface area contributed by atoms with Gasteiger partial charge in [-0.05, 0) is 18.4 Å². The lowest BCUT2D eigenvalue weighted by molar-refractivity contribution is -0.219. The quantitative estimate of drug-likeness (QED) is 0.726. The van der Waals surface area contributed by atoms with Gasteiger partial charge in [0.2, 0.25) is 0 Å². The highest BCUT2D eigenvalue weighted by Crippen LogP contribution is 2.46. The van der Waals surface area contributed by atoms with E-state index in [0.29, 0.717) is 6.61 Å². The van der Waals surface area contributed by atoms with Gasteiger partial charge in [-0.1, -0.05) is 42.8 Å². The Bertz CT molecular complexity index is 644. The Morgan fingerprint density at radius 1 is 0.964 bits per heavy atom. The summed E-state index contributed by atoms with van der Waals surface area (Å²) in [6, 6.07) is 9.76. The second-order valence-electron chi connectivity index (χ2n) is 7.97. The molecular weight excluding hydrogens is 360 g/mol. The highest BCUT2D eigenvalue weighted by atomic mass is 16.8. The average molecular weight is 390 g/mol. The van der Waals surface area contributed by atoms with Crippen molar-refractivity contribution in [2.24, 2.45) is 0 Å². The van der Waals surface area contributed by atoms with Gasteiger partial charge in [-0.3, -0.25) is 0 Å². The molecule has 2 aliphatic carbocycles. The van der Waals surface area contributed by atoms with Gasteiger partial charge in [-0.15, -0.1) is 6.58 Å². The van der Waals surface area contributed by atoms with Crippen LogP contribution < -0.4 is 0 Å². The van der Waals surface area contributed by atoms with Gasteiger partial charge >= 0.3 is 0 Å². The third-order valence-corrected chi connectivity index (χ3v) is 6.00. The number of hydrogen-bond donors (Lipinski definition) is 2. The highest BCUT2D eigenvalue weighted by molar-refractivity contribution is 5.14. The zero-order chi connectivity index (χ0) is 19.6. The van der Waals surface area contributed by atoms with Crippen LogP contribution in [0.2, 0.25) is 0 Å². The fourth-order valence-corrected chi connectivity index (χ4v) is 4.60. The van der Waals surface area contributed by atoms with Gasteiger partial charge in [0.15, 0.2) is 5.79 Å². The van der Waals surface area contributed by atoms with Crippen molar-refractivity contribution in [1.82, 2.24) is 0 Å². The van der Waals surface area contributed by atoms with Crippen LogP contribution in [0, 0.1) is 0 Å². The molecule has 0 unspecified atom stereocenters. The fraction of sp³-hybridized carbons (Fsp3) is 0.636. The summed E-state index contributed by atoms with van der Waals surface area (Å²) in [5.41, 5.74) is 0.997. The van der Waals surface area contributed by atoms with E-state index in [1.54, 1.807) is 6.08 Å². The van der Waals surface area contributed by atoms with Crippen LogP contribution >= 0.6 is 0 Å². The molecule has 6 heteroatoms. The maximum Gasteiger partial charge on any atom is 0.169 e. The molecule has 1 aromatic carbocycles. The third kappa shape index (κ3) is 3.90. The molecule has 0 amide bonds. The predicted octanol–water partition coefficient (Wildman–Crippen LogP) is 2.32. The molecule has 3 fully saturated rings. The van der Waals surface area contributed by atoms with E-state index in [-0.39, 0.29) is 6.61 Å². The minimum atomic E-state index is -1.12. The molecule has 1 aliphatic heterocycles. The lowest BCUT2D eigenvalue weighted by Gasteiger charge is -2.42. The molecule has 6 nitrogen and oxygen atoms in total. The predicted molar refractivity (Wildman–Crippen MR) is 103 cm³/mol. The zero-order valence-corrected chi connectivity index (χ0v) is 16.1. The SMILES string of the molecule is C=CCO[C@@H]1[C@H](O)[C@H](O)[C@H](OCc2ccccc2)[C@@H]2OC3(CCCCC3)O[C@H]21. The molecule has 4 rings (SSSR count). The van der Waals surface area contributed by atoms with Crippen LogP contribution in [0.25, 0.3) is 0 Å². The van der Waals surface area contributed by atoms with Crippen molar-refractivity contribution in [2.75, 3.05) is 6.61 Å². The van der Waals surface area contributed by atoms with Crippen LogP contribution in [0.3, 0.4) is 0 Å². The largest absolute Gasteiger partial charge is 0.387 e. The second kappa shape index (κ2) is 8.61. The van der Waals surface area contributed by atoms with Crippen molar-refractivity contribution in [1.29, 1.82) is 0 Å². The average Bonchev–Trinajstić information content (AvgIpc) is 3.07. The molecule has 2 N–H and O–H groups in total.